The third-order valence-corrected chi connectivity index (χ3v) is 3.55. The van der Waals surface area contributed by atoms with Gasteiger partial charge < -0.3 is 5.32 Å². The Balaban J connectivity index is 2.84. The summed E-state index contributed by atoms with van der Waals surface area (Å²) in [6.07, 6.45) is 2.99. The normalized spacial score (nSPS) is 11.8. The summed E-state index contributed by atoms with van der Waals surface area (Å²) < 4.78 is 1.06. The van der Waals surface area contributed by atoms with Crippen molar-refractivity contribution < 1.29 is 0 Å². The Kier molecular flexibility index (Phi) is 7.42. The molecule has 0 aliphatic carbocycles. The van der Waals surface area contributed by atoms with E-state index >= 15 is 0 Å². The number of halogens is 2. The van der Waals surface area contributed by atoms with Crippen LogP contribution in [0.5, 0.6) is 0 Å². The average Bonchev–Trinajstić information content (AvgIpc) is 2.37. The molecule has 1 nitrogen and oxygen atoms in total. The first-order valence-electron chi connectivity index (χ1n) is 6.27. The first kappa shape index (κ1) is 15.6. The van der Waals surface area contributed by atoms with Gasteiger partial charge in [-0.2, -0.15) is 0 Å². The van der Waals surface area contributed by atoms with E-state index in [1.54, 1.807) is 0 Å². The molecule has 0 bridgehead atoms. The van der Waals surface area contributed by atoms with Gasteiger partial charge >= 0.3 is 0 Å². The van der Waals surface area contributed by atoms with E-state index in [-0.39, 0.29) is 6.04 Å². The number of nitrogens with one attached hydrogen (secondary N) is 1. The van der Waals surface area contributed by atoms with Crippen LogP contribution in [-0.4, -0.2) is 6.54 Å². The van der Waals surface area contributed by atoms with E-state index in [0.29, 0.717) is 0 Å². The van der Waals surface area contributed by atoms with Gasteiger partial charge in [-0.1, -0.05) is 34.5 Å². The lowest BCUT2D eigenvalue weighted by Crippen LogP contribution is -2.22. The molecular weight excluding hydrogens is 310 g/mol. The Morgan fingerprint density at radius 1 is 1.44 bits per heavy atom. The van der Waals surface area contributed by atoms with Crippen molar-refractivity contribution in [3.63, 3.8) is 0 Å². The molecule has 0 saturated carbocycles. The minimum Gasteiger partial charge on any atom is -0.310 e. The Morgan fingerprint density at radius 3 is 2.89 bits per heavy atom. The van der Waals surface area contributed by atoms with Crippen molar-refractivity contribution >= 4 is 27.5 Å². The number of benzene rings is 1. The van der Waals surface area contributed by atoms with Crippen molar-refractivity contribution in [2.45, 2.75) is 39.2 Å². The van der Waals surface area contributed by atoms with Crippen LogP contribution < -0.4 is 5.32 Å². The Labute approximate surface area is 123 Å². The molecule has 1 N–H and O–H groups in total. The van der Waals surface area contributed by atoms with Crippen LogP contribution in [0.2, 0.25) is 5.02 Å². The van der Waals surface area contributed by atoms with Crippen LogP contribution >= 0.6 is 27.5 Å². The summed E-state index contributed by atoms with van der Waals surface area (Å²) in [4.78, 5) is 0. The predicted molar refractivity (Wildman–Crippen MR) is 82.9 cm³/mol. The zero-order valence-corrected chi connectivity index (χ0v) is 13.2. The van der Waals surface area contributed by atoms with E-state index in [1.165, 1.54) is 0 Å². The SMILES string of the molecule is CC#CCCC(NCCC)c1cc(Br)ccc1Cl. The molecule has 0 saturated heterocycles. The number of hydrogen-bond acceptors (Lipinski definition) is 1. The first-order chi connectivity index (χ1) is 8.69. The van der Waals surface area contributed by atoms with Gasteiger partial charge in [-0.15, -0.1) is 11.8 Å². The molecule has 18 heavy (non-hydrogen) atoms. The highest BCUT2D eigenvalue weighted by Gasteiger charge is 2.13. The van der Waals surface area contributed by atoms with Crippen molar-refractivity contribution in [3.05, 3.63) is 33.3 Å². The van der Waals surface area contributed by atoms with Crippen molar-refractivity contribution in [2.75, 3.05) is 6.54 Å². The highest BCUT2D eigenvalue weighted by Crippen LogP contribution is 2.29. The minimum atomic E-state index is 0.274. The summed E-state index contributed by atoms with van der Waals surface area (Å²) in [7, 11) is 0. The molecule has 0 radical (unpaired) electrons. The number of hydrogen-bond donors (Lipinski definition) is 1. The molecule has 0 aliphatic rings. The highest BCUT2D eigenvalue weighted by atomic mass is 79.9. The first-order valence-corrected chi connectivity index (χ1v) is 7.44. The molecule has 3 heteroatoms. The van der Waals surface area contributed by atoms with Crippen molar-refractivity contribution in [2.24, 2.45) is 0 Å². The van der Waals surface area contributed by atoms with Gasteiger partial charge in [0.2, 0.25) is 0 Å². The maximum absolute atomic E-state index is 6.29. The standard InChI is InChI=1S/C15H19BrClN/c1-3-5-6-7-15(18-10-4-2)13-11-12(16)8-9-14(13)17/h8-9,11,15,18H,4,6-7,10H2,1-2H3. The fourth-order valence-corrected chi connectivity index (χ4v) is 2.44. The molecule has 1 atom stereocenters. The second-order valence-corrected chi connectivity index (χ2v) is 5.46. The maximum Gasteiger partial charge on any atom is 0.0454 e. The smallest absolute Gasteiger partial charge is 0.0454 e. The molecule has 0 fully saturated rings. The summed E-state index contributed by atoms with van der Waals surface area (Å²) in [6.45, 7) is 5.03. The third kappa shape index (κ3) is 5.02. The summed E-state index contributed by atoms with van der Waals surface area (Å²) in [5.74, 6) is 6.05. The van der Waals surface area contributed by atoms with Crippen LogP contribution in [0.4, 0.5) is 0 Å². The number of rotatable bonds is 6. The Hall–Kier alpha value is -0.490. The molecule has 1 unspecified atom stereocenters. The zero-order chi connectivity index (χ0) is 13.4. The van der Waals surface area contributed by atoms with Gasteiger partial charge in [-0.05, 0) is 50.1 Å². The third-order valence-electron chi connectivity index (χ3n) is 2.71. The summed E-state index contributed by atoms with van der Waals surface area (Å²) in [5, 5.41) is 4.36. The Morgan fingerprint density at radius 2 is 2.22 bits per heavy atom. The maximum atomic E-state index is 6.29. The van der Waals surface area contributed by atoms with Crippen LogP contribution in [0.1, 0.15) is 44.7 Å². The van der Waals surface area contributed by atoms with Crippen molar-refractivity contribution in [3.8, 4) is 11.8 Å². The second kappa shape index (κ2) is 8.58. The summed E-state index contributed by atoms with van der Waals surface area (Å²) >= 11 is 9.79. The fraction of sp³-hybridized carbons (Fsp3) is 0.467. The van der Waals surface area contributed by atoms with Gasteiger partial charge in [0.15, 0.2) is 0 Å². The molecule has 1 rings (SSSR count). The van der Waals surface area contributed by atoms with E-state index in [9.17, 15) is 0 Å². The van der Waals surface area contributed by atoms with E-state index in [1.807, 2.05) is 19.1 Å². The van der Waals surface area contributed by atoms with Gasteiger partial charge in [0.05, 0.1) is 0 Å². The van der Waals surface area contributed by atoms with Crippen LogP contribution in [0.25, 0.3) is 0 Å². The average molecular weight is 329 g/mol. The predicted octanol–water partition coefficient (Wildman–Crippen LogP) is 4.95. The van der Waals surface area contributed by atoms with E-state index in [2.05, 4.69) is 46.1 Å². The summed E-state index contributed by atoms with van der Waals surface area (Å²) in [5.41, 5.74) is 1.15. The van der Waals surface area contributed by atoms with E-state index < -0.39 is 0 Å². The molecule has 1 aromatic carbocycles. The van der Waals surface area contributed by atoms with E-state index in [4.69, 9.17) is 11.6 Å². The van der Waals surface area contributed by atoms with Crippen molar-refractivity contribution in [1.82, 2.24) is 5.32 Å². The van der Waals surface area contributed by atoms with Gasteiger partial charge in [0, 0.05) is 22.0 Å². The van der Waals surface area contributed by atoms with Gasteiger partial charge in [0.1, 0.15) is 0 Å². The molecule has 0 amide bonds. The van der Waals surface area contributed by atoms with Crippen LogP contribution in [0.3, 0.4) is 0 Å². The van der Waals surface area contributed by atoms with Gasteiger partial charge in [0.25, 0.3) is 0 Å². The van der Waals surface area contributed by atoms with Crippen LogP contribution in [0.15, 0.2) is 22.7 Å². The van der Waals surface area contributed by atoms with Crippen LogP contribution in [0, 0.1) is 11.8 Å². The summed E-state index contributed by atoms with van der Waals surface area (Å²) in [6, 6.07) is 6.27. The quantitative estimate of drug-likeness (QED) is 0.729. The van der Waals surface area contributed by atoms with Gasteiger partial charge in [-0.25, -0.2) is 0 Å². The second-order valence-electron chi connectivity index (χ2n) is 4.14. The topological polar surface area (TPSA) is 12.0 Å². The van der Waals surface area contributed by atoms with Crippen LogP contribution in [-0.2, 0) is 0 Å². The van der Waals surface area contributed by atoms with Crippen molar-refractivity contribution in [1.29, 1.82) is 0 Å². The zero-order valence-electron chi connectivity index (χ0n) is 10.9. The molecule has 0 aromatic heterocycles. The lowest BCUT2D eigenvalue weighted by atomic mass is 10.0. The molecule has 0 aliphatic heterocycles. The molecule has 0 heterocycles. The lowest BCUT2D eigenvalue weighted by Gasteiger charge is -2.19. The highest BCUT2D eigenvalue weighted by molar-refractivity contribution is 9.10. The fourth-order valence-electron chi connectivity index (χ4n) is 1.81. The molecule has 98 valence electrons. The molecule has 1 aromatic rings. The van der Waals surface area contributed by atoms with E-state index in [0.717, 1.165) is 40.9 Å². The van der Waals surface area contributed by atoms with Gasteiger partial charge in [-0.3, -0.25) is 0 Å². The minimum absolute atomic E-state index is 0.274. The lowest BCUT2D eigenvalue weighted by molar-refractivity contribution is 0.505. The molecular formula is C15H19BrClN. The Bertz CT molecular complexity index is 434. The monoisotopic (exact) mass is 327 g/mol. The largest absolute Gasteiger partial charge is 0.310 e. The molecule has 0 spiro atoms.